The van der Waals surface area contributed by atoms with Gasteiger partial charge in [-0.3, -0.25) is 9.59 Å². The second-order valence-electron chi connectivity index (χ2n) is 7.50. The molecule has 5 nitrogen and oxygen atoms in total. The second-order valence-corrected chi connectivity index (χ2v) is 7.50. The maximum Gasteiger partial charge on any atom is 0.253 e. The summed E-state index contributed by atoms with van der Waals surface area (Å²) in [6.45, 7) is 0. The molecule has 31 heavy (non-hydrogen) atoms. The van der Waals surface area contributed by atoms with Gasteiger partial charge in [0.1, 0.15) is 17.3 Å². The summed E-state index contributed by atoms with van der Waals surface area (Å²) in [4.78, 5) is 25.0. The summed E-state index contributed by atoms with van der Waals surface area (Å²) < 4.78 is 19.5. The first-order valence-electron chi connectivity index (χ1n) is 10.3. The lowest BCUT2D eigenvalue weighted by Crippen LogP contribution is -2.33. The minimum atomic E-state index is -0.398. The first-order valence-corrected chi connectivity index (χ1v) is 10.3. The molecule has 0 atom stereocenters. The lowest BCUT2D eigenvalue weighted by molar-refractivity contribution is -0.111. The third-order valence-corrected chi connectivity index (χ3v) is 5.29. The van der Waals surface area contributed by atoms with E-state index in [1.54, 1.807) is 54.6 Å². The molecule has 1 aliphatic carbocycles. The SMILES string of the molecule is O=C(/C=C/c1ccc(-c2ccccc2F)o1)Nc1ccccc1C(=O)NC1CCCC1. The van der Waals surface area contributed by atoms with E-state index in [-0.39, 0.29) is 17.8 Å². The number of hydrogen-bond acceptors (Lipinski definition) is 3. The van der Waals surface area contributed by atoms with Gasteiger partial charge in [-0.1, -0.05) is 37.1 Å². The molecule has 0 saturated heterocycles. The van der Waals surface area contributed by atoms with E-state index in [9.17, 15) is 14.0 Å². The minimum Gasteiger partial charge on any atom is -0.457 e. The third-order valence-electron chi connectivity index (χ3n) is 5.29. The number of halogens is 1. The zero-order valence-corrected chi connectivity index (χ0v) is 16.9. The van der Waals surface area contributed by atoms with Gasteiger partial charge in [-0.15, -0.1) is 0 Å². The average molecular weight is 418 g/mol. The molecule has 3 aromatic rings. The van der Waals surface area contributed by atoms with Crippen LogP contribution in [0.2, 0.25) is 0 Å². The van der Waals surface area contributed by atoms with Crippen LogP contribution in [0, 0.1) is 5.82 Å². The summed E-state index contributed by atoms with van der Waals surface area (Å²) in [7, 11) is 0. The van der Waals surface area contributed by atoms with E-state index in [0.717, 1.165) is 25.7 Å². The Morgan fingerprint density at radius 2 is 1.71 bits per heavy atom. The van der Waals surface area contributed by atoms with Crippen molar-refractivity contribution < 1.29 is 18.4 Å². The largest absolute Gasteiger partial charge is 0.457 e. The molecule has 0 unspecified atom stereocenters. The number of amides is 2. The van der Waals surface area contributed by atoms with Gasteiger partial charge in [0.2, 0.25) is 5.91 Å². The van der Waals surface area contributed by atoms with Crippen LogP contribution in [-0.4, -0.2) is 17.9 Å². The van der Waals surface area contributed by atoms with Crippen molar-refractivity contribution >= 4 is 23.6 Å². The highest BCUT2D eigenvalue weighted by atomic mass is 19.1. The summed E-state index contributed by atoms with van der Waals surface area (Å²) in [5.41, 5.74) is 1.23. The monoisotopic (exact) mass is 418 g/mol. The van der Waals surface area contributed by atoms with Gasteiger partial charge in [0.05, 0.1) is 16.8 Å². The maximum absolute atomic E-state index is 13.9. The number of rotatable bonds is 6. The van der Waals surface area contributed by atoms with Gasteiger partial charge in [-0.25, -0.2) is 4.39 Å². The van der Waals surface area contributed by atoms with Gasteiger partial charge < -0.3 is 15.1 Å². The van der Waals surface area contributed by atoms with Crippen molar-refractivity contribution in [3.63, 3.8) is 0 Å². The van der Waals surface area contributed by atoms with Crippen molar-refractivity contribution in [3.8, 4) is 11.3 Å². The van der Waals surface area contributed by atoms with Crippen LogP contribution in [0.15, 0.2) is 71.2 Å². The van der Waals surface area contributed by atoms with E-state index in [1.165, 1.54) is 18.2 Å². The zero-order chi connectivity index (χ0) is 21.6. The first kappa shape index (κ1) is 20.6. The molecule has 0 spiro atoms. The topological polar surface area (TPSA) is 71.3 Å². The Morgan fingerprint density at radius 3 is 2.52 bits per heavy atom. The second kappa shape index (κ2) is 9.43. The molecular formula is C25H23FN2O3. The molecule has 158 valence electrons. The smallest absolute Gasteiger partial charge is 0.253 e. The van der Waals surface area contributed by atoms with E-state index in [1.807, 2.05) is 0 Å². The minimum absolute atomic E-state index is 0.188. The summed E-state index contributed by atoms with van der Waals surface area (Å²) in [6, 6.07) is 16.7. The molecule has 1 saturated carbocycles. The molecule has 1 aromatic heterocycles. The fourth-order valence-electron chi connectivity index (χ4n) is 3.70. The van der Waals surface area contributed by atoms with Crippen molar-refractivity contribution in [1.82, 2.24) is 5.32 Å². The van der Waals surface area contributed by atoms with Crippen molar-refractivity contribution in [1.29, 1.82) is 0 Å². The fraction of sp³-hybridized carbons (Fsp3) is 0.200. The Hall–Kier alpha value is -3.67. The molecule has 1 fully saturated rings. The number of nitrogens with one attached hydrogen (secondary N) is 2. The number of carbonyl (C=O) groups is 2. The number of furan rings is 1. The Kier molecular flexibility index (Phi) is 6.26. The summed E-state index contributed by atoms with van der Waals surface area (Å²) in [5.74, 6) is -0.164. The van der Waals surface area contributed by atoms with Crippen molar-refractivity contribution in [2.45, 2.75) is 31.7 Å². The summed E-state index contributed by atoms with van der Waals surface area (Å²) in [5, 5.41) is 5.78. The van der Waals surface area contributed by atoms with E-state index in [4.69, 9.17) is 4.42 Å². The first-order chi connectivity index (χ1) is 15.1. The molecule has 1 aliphatic rings. The highest BCUT2D eigenvalue weighted by Crippen LogP contribution is 2.25. The molecule has 0 bridgehead atoms. The Bertz CT molecular complexity index is 1110. The maximum atomic E-state index is 13.9. The lowest BCUT2D eigenvalue weighted by atomic mass is 10.1. The average Bonchev–Trinajstić information content (AvgIpc) is 3.45. The van der Waals surface area contributed by atoms with Gasteiger partial charge >= 0.3 is 0 Å². The number of para-hydroxylation sites is 1. The molecule has 2 amide bonds. The van der Waals surface area contributed by atoms with Crippen molar-refractivity contribution in [2.75, 3.05) is 5.32 Å². The van der Waals surface area contributed by atoms with Crippen LogP contribution >= 0.6 is 0 Å². The number of anilines is 1. The number of hydrogen-bond donors (Lipinski definition) is 2. The predicted molar refractivity (Wildman–Crippen MR) is 118 cm³/mol. The van der Waals surface area contributed by atoms with E-state index >= 15 is 0 Å². The van der Waals surface area contributed by atoms with E-state index in [0.29, 0.717) is 28.3 Å². The van der Waals surface area contributed by atoms with Gasteiger partial charge in [0.25, 0.3) is 5.91 Å². The Balaban J connectivity index is 1.42. The molecule has 0 radical (unpaired) electrons. The molecule has 2 aromatic carbocycles. The van der Waals surface area contributed by atoms with Gasteiger partial charge in [0, 0.05) is 12.1 Å². The van der Waals surface area contributed by atoms with Gasteiger partial charge in [-0.05, 0) is 55.3 Å². The number of carbonyl (C=O) groups excluding carboxylic acids is 2. The molecule has 2 N–H and O–H groups in total. The third kappa shape index (κ3) is 5.09. The molecule has 6 heteroatoms. The van der Waals surface area contributed by atoms with Crippen LogP contribution in [0.25, 0.3) is 17.4 Å². The molecule has 1 heterocycles. The van der Waals surface area contributed by atoms with Crippen LogP contribution < -0.4 is 10.6 Å². The number of benzene rings is 2. The predicted octanol–water partition coefficient (Wildman–Crippen LogP) is 5.41. The highest BCUT2D eigenvalue weighted by Gasteiger charge is 2.19. The fourth-order valence-corrected chi connectivity index (χ4v) is 3.70. The van der Waals surface area contributed by atoms with Crippen LogP contribution in [0.3, 0.4) is 0 Å². The van der Waals surface area contributed by atoms with Crippen LogP contribution in [0.5, 0.6) is 0 Å². The zero-order valence-electron chi connectivity index (χ0n) is 16.9. The van der Waals surface area contributed by atoms with Crippen molar-refractivity contribution in [3.05, 3.63) is 83.9 Å². The molecule has 0 aliphatic heterocycles. The standard InChI is InChI=1S/C25H23FN2O3/c26-21-11-5-3-9-19(21)23-15-13-18(31-23)14-16-24(29)28-22-12-6-4-10-20(22)25(30)27-17-7-1-2-8-17/h3-6,9-17H,1-2,7-8H2,(H,27,30)(H,28,29)/b16-14+. The Morgan fingerprint density at radius 1 is 0.968 bits per heavy atom. The quantitative estimate of drug-likeness (QED) is 0.526. The van der Waals surface area contributed by atoms with Gasteiger partial charge in [0.15, 0.2) is 0 Å². The summed E-state index contributed by atoms with van der Waals surface area (Å²) in [6.07, 6.45) is 7.04. The normalized spacial score (nSPS) is 14.1. The molecular weight excluding hydrogens is 395 g/mol. The van der Waals surface area contributed by atoms with Crippen LogP contribution in [-0.2, 0) is 4.79 Å². The summed E-state index contributed by atoms with van der Waals surface area (Å²) >= 11 is 0. The van der Waals surface area contributed by atoms with Crippen molar-refractivity contribution in [2.24, 2.45) is 0 Å². The van der Waals surface area contributed by atoms with Crippen LogP contribution in [0.1, 0.15) is 41.8 Å². The van der Waals surface area contributed by atoms with Gasteiger partial charge in [-0.2, -0.15) is 0 Å². The lowest BCUT2D eigenvalue weighted by Gasteiger charge is -2.14. The van der Waals surface area contributed by atoms with Crippen LogP contribution in [0.4, 0.5) is 10.1 Å². The molecule has 4 rings (SSSR count). The Labute approximate surface area is 180 Å². The van der Waals surface area contributed by atoms with E-state index in [2.05, 4.69) is 10.6 Å². The highest BCUT2D eigenvalue weighted by molar-refractivity contribution is 6.07. The van der Waals surface area contributed by atoms with E-state index < -0.39 is 5.91 Å².